The van der Waals surface area contributed by atoms with E-state index in [9.17, 15) is 73.5 Å². The molecule has 0 unspecified atom stereocenters. The number of carboxylic acid groups (broad SMARTS) is 2. The van der Waals surface area contributed by atoms with Gasteiger partial charge in [0.1, 0.15) is 36.0 Å². The Balaban J connectivity index is 3.27. The summed E-state index contributed by atoms with van der Waals surface area (Å²) in [5, 5.41) is 69.7. The average molecular weight is 814 g/mol. The summed E-state index contributed by atoms with van der Waals surface area (Å²) in [6.45, 7) is -1.30. The molecule has 0 aromatic heterocycles. The maximum Gasteiger partial charge on any atom is 0.328 e. The molecule has 0 aliphatic heterocycles. The standard InChI is InChI=1S/C32H47N9O16/c1-13(44)25(32(56)57)41-31(55)21(12-43)39-27(51)17(6-7-24(48)49)36-30(54)20(11-42)40-29(53)19(10-23(35)47)38-28(52)18(8-14-2-4-15(45)5-3-14)37-26(50)16(33)9-22(34)46/h2-5,13,16-21,25,42-45H,6-12,33H2,1H3,(H2,34,46)(H2,35,47)(H,36,54)(H,37,50)(H,38,52)(H,39,51)(H,40,53)(H,41,55)(H,48,49)(H,56,57)/t13-,16+,17+,18-,19-,20+,21-,25+/m1/s1. The first-order valence-electron chi connectivity index (χ1n) is 16.9. The molecular weight excluding hydrogens is 766 g/mol. The predicted molar refractivity (Wildman–Crippen MR) is 189 cm³/mol. The number of aliphatic carboxylic acids is 2. The molecule has 0 bridgehead atoms. The zero-order valence-electron chi connectivity index (χ0n) is 30.4. The second-order valence-corrected chi connectivity index (χ2v) is 12.5. The van der Waals surface area contributed by atoms with Gasteiger partial charge in [-0.15, -0.1) is 0 Å². The normalized spacial score (nSPS) is 15.0. The maximum atomic E-state index is 13.5. The van der Waals surface area contributed by atoms with E-state index in [4.69, 9.17) is 22.3 Å². The first-order valence-corrected chi connectivity index (χ1v) is 16.9. The lowest BCUT2D eigenvalue weighted by atomic mass is 10.0. The lowest BCUT2D eigenvalue weighted by Crippen LogP contribution is -2.61. The van der Waals surface area contributed by atoms with E-state index >= 15 is 0 Å². The van der Waals surface area contributed by atoms with Crippen LogP contribution in [0, 0.1) is 0 Å². The zero-order chi connectivity index (χ0) is 43.6. The molecule has 25 nitrogen and oxygen atoms in total. The van der Waals surface area contributed by atoms with E-state index in [0.717, 1.165) is 6.92 Å². The second kappa shape index (κ2) is 23.5. The Morgan fingerprint density at radius 1 is 0.614 bits per heavy atom. The van der Waals surface area contributed by atoms with Crippen molar-refractivity contribution < 1.29 is 78.6 Å². The number of aromatic hydroxyl groups is 1. The van der Waals surface area contributed by atoms with Crippen molar-refractivity contribution >= 4 is 59.2 Å². The molecule has 8 amide bonds. The van der Waals surface area contributed by atoms with Gasteiger partial charge in [-0.3, -0.25) is 43.2 Å². The molecule has 0 aliphatic rings. The maximum absolute atomic E-state index is 13.5. The summed E-state index contributed by atoms with van der Waals surface area (Å²) in [5.74, 6) is -12.7. The molecule has 1 aromatic rings. The van der Waals surface area contributed by atoms with Crippen LogP contribution in [0.3, 0.4) is 0 Å². The van der Waals surface area contributed by atoms with E-state index in [0.29, 0.717) is 5.56 Å². The van der Waals surface area contributed by atoms with Crippen LogP contribution in [0.5, 0.6) is 5.75 Å². The van der Waals surface area contributed by atoms with Crippen LogP contribution in [-0.4, -0.2) is 151 Å². The highest BCUT2D eigenvalue weighted by atomic mass is 16.4. The highest BCUT2D eigenvalue weighted by Crippen LogP contribution is 2.12. The lowest BCUT2D eigenvalue weighted by Gasteiger charge is -2.26. The van der Waals surface area contributed by atoms with Crippen molar-refractivity contribution in [2.24, 2.45) is 17.2 Å². The van der Waals surface area contributed by atoms with Crippen LogP contribution in [0.2, 0.25) is 0 Å². The van der Waals surface area contributed by atoms with Crippen molar-refractivity contribution in [3.8, 4) is 5.75 Å². The highest BCUT2D eigenvalue weighted by molar-refractivity contribution is 5.98. The number of hydrogen-bond acceptors (Lipinski definition) is 15. The number of primary amides is 2. The summed E-state index contributed by atoms with van der Waals surface area (Å²) in [6, 6.07) is -7.18. The van der Waals surface area contributed by atoms with Gasteiger partial charge in [0.15, 0.2) is 6.04 Å². The molecule has 57 heavy (non-hydrogen) atoms. The van der Waals surface area contributed by atoms with Gasteiger partial charge in [-0.05, 0) is 31.0 Å². The van der Waals surface area contributed by atoms with Crippen molar-refractivity contribution in [3.63, 3.8) is 0 Å². The summed E-state index contributed by atoms with van der Waals surface area (Å²) in [7, 11) is 0. The van der Waals surface area contributed by atoms with Crippen molar-refractivity contribution in [2.45, 2.75) is 87.4 Å². The van der Waals surface area contributed by atoms with Gasteiger partial charge in [0.05, 0.1) is 38.2 Å². The number of hydrogen-bond donors (Lipinski definition) is 15. The van der Waals surface area contributed by atoms with E-state index in [1.54, 1.807) is 0 Å². The molecule has 0 heterocycles. The molecule has 0 aliphatic carbocycles. The Labute approximate surface area is 323 Å². The SMILES string of the molecule is C[C@@H](O)[C@H](NC(=O)[C@@H](CO)NC(=O)[C@H](CCC(=O)O)NC(=O)[C@H](CO)NC(=O)[C@@H](CC(N)=O)NC(=O)[C@@H](Cc1ccc(O)cc1)NC(=O)[C@@H](N)CC(N)=O)C(=O)O. The van der Waals surface area contributed by atoms with Crippen LogP contribution in [0.1, 0.15) is 38.2 Å². The zero-order valence-corrected chi connectivity index (χ0v) is 30.4. The van der Waals surface area contributed by atoms with E-state index in [-0.39, 0.29) is 12.2 Å². The molecule has 0 saturated heterocycles. The minimum absolute atomic E-state index is 0.136. The fraction of sp³-hybridized carbons (Fsp3) is 0.500. The molecule has 0 radical (unpaired) electrons. The molecular formula is C32H47N9O16. The van der Waals surface area contributed by atoms with E-state index in [1.165, 1.54) is 24.3 Å². The topological polar surface area (TPSA) is 442 Å². The van der Waals surface area contributed by atoms with Gasteiger partial charge in [0, 0.05) is 12.8 Å². The Bertz CT molecular complexity index is 1640. The number of carboxylic acids is 2. The number of phenolic OH excluding ortho intramolecular Hbond substituents is 1. The number of phenols is 1. The van der Waals surface area contributed by atoms with Crippen LogP contribution in [-0.2, 0) is 54.4 Å². The van der Waals surface area contributed by atoms with Gasteiger partial charge in [-0.25, -0.2) is 4.79 Å². The molecule has 1 aromatic carbocycles. The number of aliphatic hydroxyl groups excluding tert-OH is 3. The largest absolute Gasteiger partial charge is 0.508 e. The van der Waals surface area contributed by atoms with Gasteiger partial charge >= 0.3 is 11.9 Å². The molecule has 0 spiro atoms. The molecule has 1 rings (SSSR count). The molecule has 25 heteroatoms. The van der Waals surface area contributed by atoms with Crippen LogP contribution in [0.15, 0.2) is 24.3 Å². The number of carbonyl (C=O) groups excluding carboxylic acids is 8. The van der Waals surface area contributed by atoms with Crippen molar-refractivity contribution in [1.82, 2.24) is 31.9 Å². The first kappa shape index (κ1) is 48.6. The Morgan fingerprint density at radius 3 is 1.49 bits per heavy atom. The van der Waals surface area contributed by atoms with Gasteiger partial charge in [0.2, 0.25) is 47.3 Å². The summed E-state index contributed by atoms with van der Waals surface area (Å²) in [4.78, 5) is 124. The fourth-order valence-corrected chi connectivity index (χ4v) is 4.73. The highest BCUT2D eigenvalue weighted by Gasteiger charge is 2.35. The van der Waals surface area contributed by atoms with Gasteiger partial charge in [0.25, 0.3) is 0 Å². The van der Waals surface area contributed by atoms with E-state index in [1.807, 2.05) is 16.0 Å². The Kier molecular flexibility index (Phi) is 20.0. The van der Waals surface area contributed by atoms with E-state index in [2.05, 4.69) is 16.0 Å². The minimum Gasteiger partial charge on any atom is -0.508 e. The second-order valence-electron chi connectivity index (χ2n) is 12.5. The summed E-state index contributed by atoms with van der Waals surface area (Å²) < 4.78 is 0. The predicted octanol–water partition coefficient (Wildman–Crippen LogP) is -7.76. The number of benzene rings is 1. The number of nitrogens with one attached hydrogen (secondary N) is 6. The van der Waals surface area contributed by atoms with Crippen LogP contribution in [0.25, 0.3) is 0 Å². The molecule has 8 atom stereocenters. The number of nitrogens with two attached hydrogens (primary N) is 3. The van der Waals surface area contributed by atoms with Gasteiger partial charge < -0.3 is 79.7 Å². The Hall–Kier alpha value is -6.44. The lowest BCUT2D eigenvalue weighted by molar-refractivity contribution is -0.145. The van der Waals surface area contributed by atoms with Gasteiger partial charge in [-0.1, -0.05) is 12.1 Å². The molecule has 18 N–H and O–H groups in total. The summed E-state index contributed by atoms with van der Waals surface area (Å²) in [6.07, 6.45) is -4.87. The quantitative estimate of drug-likeness (QED) is 0.0436. The van der Waals surface area contributed by atoms with Crippen molar-refractivity contribution in [1.29, 1.82) is 0 Å². The smallest absolute Gasteiger partial charge is 0.328 e. The third kappa shape index (κ3) is 17.3. The van der Waals surface area contributed by atoms with Crippen molar-refractivity contribution in [3.05, 3.63) is 29.8 Å². The number of aliphatic hydroxyl groups is 3. The third-order valence-electron chi connectivity index (χ3n) is 7.76. The number of rotatable bonds is 25. The van der Waals surface area contributed by atoms with E-state index < -0.39 is 146 Å². The summed E-state index contributed by atoms with van der Waals surface area (Å²) >= 11 is 0. The van der Waals surface area contributed by atoms with Crippen LogP contribution in [0.4, 0.5) is 0 Å². The number of carbonyl (C=O) groups is 10. The number of amides is 8. The third-order valence-corrected chi connectivity index (χ3v) is 7.76. The Morgan fingerprint density at radius 2 is 1.04 bits per heavy atom. The van der Waals surface area contributed by atoms with Gasteiger partial charge in [-0.2, -0.15) is 0 Å². The molecule has 316 valence electrons. The first-order chi connectivity index (χ1) is 26.6. The van der Waals surface area contributed by atoms with Crippen LogP contribution < -0.4 is 49.1 Å². The van der Waals surface area contributed by atoms with Crippen LogP contribution >= 0.6 is 0 Å². The fourth-order valence-electron chi connectivity index (χ4n) is 4.73. The van der Waals surface area contributed by atoms with Crippen molar-refractivity contribution in [2.75, 3.05) is 13.2 Å². The summed E-state index contributed by atoms with van der Waals surface area (Å²) in [5.41, 5.74) is 16.4. The molecule has 0 fully saturated rings. The molecule has 0 saturated carbocycles. The monoisotopic (exact) mass is 813 g/mol. The average Bonchev–Trinajstić information content (AvgIpc) is 3.12. The minimum atomic E-state index is -1.97.